The highest BCUT2D eigenvalue weighted by atomic mass is 16.5. The van der Waals surface area contributed by atoms with Crippen LogP contribution in [0.2, 0.25) is 0 Å². The summed E-state index contributed by atoms with van der Waals surface area (Å²) in [6.45, 7) is 8.45. The maximum Gasteiger partial charge on any atom is 0.127 e. The van der Waals surface area contributed by atoms with Gasteiger partial charge in [-0.1, -0.05) is 48.5 Å². The fourth-order valence-electron chi connectivity index (χ4n) is 3.55. The molecular formula is C21H28NO2+. The minimum absolute atomic E-state index is 0.364. The average Bonchev–Trinajstić information content (AvgIpc) is 2.59. The number of nitrogens with one attached hydrogen (secondary N) is 1. The third-order valence-electron chi connectivity index (χ3n) is 4.52. The van der Waals surface area contributed by atoms with E-state index < -0.39 is 0 Å². The van der Waals surface area contributed by atoms with E-state index >= 15 is 0 Å². The Hall–Kier alpha value is -1.84. The predicted molar refractivity (Wildman–Crippen MR) is 97.6 cm³/mol. The average molecular weight is 326 g/mol. The molecule has 3 heteroatoms. The van der Waals surface area contributed by atoms with Crippen LogP contribution in [0.1, 0.15) is 20.3 Å². The Balaban J connectivity index is 1.52. The van der Waals surface area contributed by atoms with Crippen LogP contribution in [0.15, 0.2) is 54.6 Å². The normalized spacial score (nSPS) is 23.8. The number of ether oxygens (including phenoxy) is 2. The lowest BCUT2D eigenvalue weighted by Crippen LogP contribution is -3.15. The van der Waals surface area contributed by atoms with E-state index in [-0.39, 0.29) is 0 Å². The summed E-state index contributed by atoms with van der Waals surface area (Å²) in [6, 6.07) is 18.7. The van der Waals surface area contributed by atoms with Crippen LogP contribution in [0, 0.1) is 0 Å². The summed E-state index contributed by atoms with van der Waals surface area (Å²) in [4.78, 5) is 1.63. The molecule has 1 saturated heterocycles. The Morgan fingerprint density at radius 1 is 0.958 bits per heavy atom. The Bertz CT molecular complexity index is 619. The molecule has 0 saturated carbocycles. The van der Waals surface area contributed by atoms with Crippen molar-refractivity contribution in [1.82, 2.24) is 0 Å². The molecule has 0 amide bonds. The molecule has 2 atom stereocenters. The van der Waals surface area contributed by atoms with Crippen molar-refractivity contribution in [3.05, 3.63) is 54.6 Å². The highest BCUT2D eigenvalue weighted by Gasteiger charge is 2.24. The summed E-state index contributed by atoms with van der Waals surface area (Å²) in [7, 11) is 0. The highest BCUT2D eigenvalue weighted by Crippen LogP contribution is 2.29. The van der Waals surface area contributed by atoms with Gasteiger partial charge < -0.3 is 14.4 Å². The molecule has 2 aromatic rings. The van der Waals surface area contributed by atoms with E-state index in [0.717, 1.165) is 38.4 Å². The van der Waals surface area contributed by atoms with E-state index in [1.807, 2.05) is 12.1 Å². The van der Waals surface area contributed by atoms with Crippen LogP contribution in [0.25, 0.3) is 11.1 Å². The number of hydrogen-bond acceptors (Lipinski definition) is 2. The number of rotatable bonds is 6. The van der Waals surface area contributed by atoms with E-state index in [1.165, 1.54) is 11.1 Å². The van der Waals surface area contributed by atoms with Gasteiger partial charge in [-0.15, -0.1) is 0 Å². The first kappa shape index (κ1) is 17.0. The van der Waals surface area contributed by atoms with E-state index in [2.05, 4.69) is 56.3 Å². The molecule has 1 N–H and O–H groups in total. The van der Waals surface area contributed by atoms with Crippen LogP contribution >= 0.6 is 0 Å². The topological polar surface area (TPSA) is 22.9 Å². The number of morpholine rings is 1. The van der Waals surface area contributed by atoms with E-state index in [1.54, 1.807) is 4.90 Å². The first-order chi connectivity index (χ1) is 11.7. The molecule has 0 aromatic heterocycles. The Kier molecular flexibility index (Phi) is 5.89. The third-order valence-corrected chi connectivity index (χ3v) is 4.52. The van der Waals surface area contributed by atoms with Crippen molar-refractivity contribution in [1.29, 1.82) is 0 Å². The molecule has 1 aliphatic rings. The molecule has 2 aromatic carbocycles. The zero-order valence-corrected chi connectivity index (χ0v) is 14.7. The second-order valence-corrected chi connectivity index (χ2v) is 6.73. The van der Waals surface area contributed by atoms with Gasteiger partial charge in [0.15, 0.2) is 0 Å². The molecule has 3 nitrogen and oxygen atoms in total. The van der Waals surface area contributed by atoms with Crippen molar-refractivity contribution in [2.45, 2.75) is 32.5 Å². The van der Waals surface area contributed by atoms with Crippen molar-refractivity contribution in [3.8, 4) is 16.9 Å². The third kappa shape index (κ3) is 4.59. The van der Waals surface area contributed by atoms with Crippen LogP contribution in [0.3, 0.4) is 0 Å². The van der Waals surface area contributed by atoms with Crippen LogP contribution < -0.4 is 9.64 Å². The number of hydrogen-bond donors (Lipinski definition) is 1. The summed E-state index contributed by atoms with van der Waals surface area (Å²) in [5.74, 6) is 0.974. The molecule has 1 aliphatic heterocycles. The maximum atomic E-state index is 6.09. The SMILES string of the molecule is C[C@@H]1C[NH+](CCCOc2ccccc2-c2ccccc2)C[C@@H](C)O1. The van der Waals surface area contributed by atoms with Gasteiger partial charge in [-0.05, 0) is 25.5 Å². The van der Waals surface area contributed by atoms with Gasteiger partial charge in [0, 0.05) is 12.0 Å². The lowest BCUT2D eigenvalue weighted by Gasteiger charge is -2.32. The molecule has 0 spiro atoms. The quantitative estimate of drug-likeness (QED) is 0.825. The van der Waals surface area contributed by atoms with Crippen molar-refractivity contribution in [3.63, 3.8) is 0 Å². The summed E-state index contributed by atoms with van der Waals surface area (Å²) >= 11 is 0. The van der Waals surface area contributed by atoms with E-state index in [4.69, 9.17) is 9.47 Å². The van der Waals surface area contributed by atoms with Gasteiger partial charge in [-0.25, -0.2) is 0 Å². The fourth-order valence-corrected chi connectivity index (χ4v) is 3.55. The lowest BCUT2D eigenvalue weighted by atomic mass is 10.1. The summed E-state index contributed by atoms with van der Waals surface area (Å²) < 4.78 is 11.9. The molecule has 0 radical (unpaired) electrons. The fraction of sp³-hybridized carbons (Fsp3) is 0.429. The minimum atomic E-state index is 0.364. The first-order valence-electron chi connectivity index (χ1n) is 8.98. The molecule has 0 aliphatic carbocycles. The van der Waals surface area contributed by atoms with Crippen molar-refractivity contribution < 1.29 is 14.4 Å². The maximum absolute atomic E-state index is 6.09. The van der Waals surface area contributed by atoms with Gasteiger partial charge in [-0.2, -0.15) is 0 Å². The van der Waals surface area contributed by atoms with Crippen molar-refractivity contribution in [2.75, 3.05) is 26.2 Å². The van der Waals surface area contributed by atoms with Crippen LogP contribution in [0.4, 0.5) is 0 Å². The standard InChI is InChI=1S/C21H27NO2/c1-17-15-22(16-18(2)24-17)13-8-14-23-21-12-7-6-11-20(21)19-9-4-3-5-10-19/h3-7,9-12,17-18H,8,13-16H2,1-2H3/p+1/t17-,18-/m1/s1. The summed E-state index contributed by atoms with van der Waals surface area (Å²) in [5, 5.41) is 0. The van der Waals surface area contributed by atoms with Gasteiger partial charge in [0.05, 0.1) is 13.2 Å². The Labute approximate surface area is 145 Å². The molecule has 24 heavy (non-hydrogen) atoms. The monoisotopic (exact) mass is 326 g/mol. The number of benzene rings is 2. The van der Waals surface area contributed by atoms with Crippen molar-refractivity contribution >= 4 is 0 Å². The first-order valence-corrected chi connectivity index (χ1v) is 8.98. The number of quaternary nitrogens is 1. The minimum Gasteiger partial charge on any atom is -0.493 e. The largest absolute Gasteiger partial charge is 0.493 e. The predicted octanol–water partition coefficient (Wildman–Crippen LogP) is 2.81. The molecular weight excluding hydrogens is 298 g/mol. The van der Waals surface area contributed by atoms with Gasteiger partial charge in [-0.3, -0.25) is 0 Å². The zero-order valence-electron chi connectivity index (χ0n) is 14.7. The second-order valence-electron chi connectivity index (χ2n) is 6.73. The smallest absolute Gasteiger partial charge is 0.127 e. The molecule has 1 fully saturated rings. The summed E-state index contributed by atoms with van der Waals surface area (Å²) in [6.07, 6.45) is 1.80. The second kappa shape index (κ2) is 8.32. The van der Waals surface area contributed by atoms with E-state index in [9.17, 15) is 0 Å². The zero-order chi connectivity index (χ0) is 16.8. The van der Waals surface area contributed by atoms with Crippen LogP contribution in [0.5, 0.6) is 5.75 Å². The van der Waals surface area contributed by atoms with Gasteiger partial charge in [0.25, 0.3) is 0 Å². The van der Waals surface area contributed by atoms with Crippen molar-refractivity contribution in [2.24, 2.45) is 0 Å². The molecule has 3 rings (SSSR count). The summed E-state index contributed by atoms with van der Waals surface area (Å²) in [5.41, 5.74) is 2.37. The van der Waals surface area contributed by atoms with Gasteiger partial charge in [0.1, 0.15) is 31.0 Å². The molecule has 128 valence electrons. The molecule has 0 unspecified atom stereocenters. The van der Waals surface area contributed by atoms with E-state index in [0.29, 0.717) is 12.2 Å². The number of para-hydroxylation sites is 1. The molecule has 1 heterocycles. The molecule has 0 bridgehead atoms. The Morgan fingerprint density at radius 2 is 1.62 bits per heavy atom. The van der Waals surface area contributed by atoms with Gasteiger partial charge in [0.2, 0.25) is 0 Å². The van der Waals surface area contributed by atoms with Crippen LogP contribution in [-0.4, -0.2) is 38.4 Å². The highest BCUT2D eigenvalue weighted by molar-refractivity contribution is 5.70. The lowest BCUT2D eigenvalue weighted by molar-refractivity contribution is -0.915. The Morgan fingerprint density at radius 3 is 2.38 bits per heavy atom. The van der Waals surface area contributed by atoms with Crippen LogP contribution in [-0.2, 0) is 4.74 Å². The van der Waals surface area contributed by atoms with Gasteiger partial charge >= 0.3 is 0 Å².